The molecule has 0 fully saturated rings. The fourth-order valence-electron chi connectivity index (χ4n) is 1.20. The van der Waals surface area contributed by atoms with Crippen LogP contribution in [0.25, 0.3) is 11.5 Å². The fourth-order valence-corrected chi connectivity index (χ4v) is 1.53. The van der Waals surface area contributed by atoms with Crippen LogP contribution in [-0.4, -0.2) is 10.1 Å². The number of alkyl halides is 1. The predicted molar refractivity (Wildman–Crippen MR) is 59.0 cm³/mol. The molecule has 2 rings (SSSR count). The maximum atomic E-state index is 13.5. The number of aromatic nitrogens is 2. The smallest absolute Gasteiger partial charge is 0.262 e. The summed E-state index contributed by atoms with van der Waals surface area (Å²) in [4.78, 5) is 3.97. The first-order chi connectivity index (χ1) is 7.59. The highest BCUT2D eigenvalue weighted by Gasteiger charge is 2.18. The molecule has 1 aromatic carbocycles. The lowest BCUT2D eigenvalue weighted by Gasteiger charge is -1.99. The summed E-state index contributed by atoms with van der Waals surface area (Å²) in [7, 11) is 0. The molecule has 0 saturated heterocycles. The van der Waals surface area contributed by atoms with Gasteiger partial charge in [0, 0.05) is 0 Å². The minimum atomic E-state index is -0.509. The molecular formula is C10H7Cl2FN2O. The van der Waals surface area contributed by atoms with Crippen molar-refractivity contribution < 1.29 is 8.91 Å². The van der Waals surface area contributed by atoms with Gasteiger partial charge in [0.15, 0.2) is 5.82 Å². The summed E-state index contributed by atoms with van der Waals surface area (Å²) in [6, 6.07) is 4.33. The Kier molecular flexibility index (Phi) is 3.12. The molecule has 1 unspecified atom stereocenters. The number of halogens is 3. The van der Waals surface area contributed by atoms with E-state index in [-0.39, 0.29) is 16.5 Å². The molecule has 0 amide bonds. The Morgan fingerprint density at radius 3 is 2.75 bits per heavy atom. The summed E-state index contributed by atoms with van der Waals surface area (Å²) in [6.07, 6.45) is 0. The van der Waals surface area contributed by atoms with Gasteiger partial charge >= 0.3 is 0 Å². The molecule has 0 spiro atoms. The molecule has 2 aromatic rings. The summed E-state index contributed by atoms with van der Waals surface area (Å²) in [6.45, 7) is 1.69. The zero-order chi connectivity index (χ0) is 11.7. The Morgan fingerprint density at radius 1 is 1.44 bits per heavy atom. The number of hydrogen-bond donors (Lipinski definition) is 0. The summed E-state index contributed by atoms with van der Waals surface area (Å²) in [5, 5.41) is 3.45. The van der Waals surface area contributed by atoms with Crippen LogP contribution in [0, 0.1) is 5.82 Å². The Labute approximate surface area is 101 Å². The molecule has 0 bridgehead atoms. The van der Waals surface area contributed by atoms with Crippen LogP contribution in [0.15, 0.2) is 22.7 Å². The van der Waals surface area contributed by atoms with Gasteiger partial charge in [-0.25, -0.2) is 4.39 Å². The largest absolute Gasteiger partial charge is 0.334 e. The SMILES string of the molecule is CC(Cl)c1noc(-c2c(F)cccc2Cl)n1. The monoisotopic (exact) mass is 260 g/mol. The van der Waals surface area contributed by atoms with E-state index in [0.717, 1.165) is 0 Å². The summed E-state index contributed by atoms with van der Waals surface area (Å²) < 4.78 is 18.4. The van der Waals surface area contributed by atoms with Crippen LogP contribution < -0.4 is 0 Å². The van der Waals surface area contributed by atoms with Gasteiger partial charge in [0.25, 0.3) is 5.89 Å². The highest BCUT2D eigenvalue weighted by molar-refractivity contribution is 6.33. The maximum Gasteiger partial charge on any atom is 0.262 e. The zero-order valence-electron chi connectivity index (χ0n) is 8.25. The van der Waals surface area contributed by atoms with Crippen LogP contribution in [0.5, 0.6) is 0 Å². The van der Waals surface area contributed by atoms with E-state index in [2.05, 4.69) is 10.1 Å². The van der Waals surface area contributed by atoms with Crippen molar-refractivity contribution in [1.29, 1.82) is 0 Å². The first-order valence-corrected chi connectivity index (χ1v) is 5.33. The van der Waals surface area contributed by atoms with Gasteiger partial charge in [0.2, 0.25) is 0 Å². The van der Waals surface area contributed by atoms with Gasteiger partial charge in [-0.3, -0.25) is 0 Å². The second-order valence-electron chi connectivity index (χ2n) is 3.17. The highest BCUT2D eigenvalue weighted by Crippen LogP contribution is 2.30. The van der Waals surface area contributed by atoms with Crippen LogP contribution in [-0.2, 0) is 0 Å². The number of benzene rings is 1. The second-order valence-corrected chi connectivity index (χ2v) is 4.23. The number of rotatable bonds is 2. The van der Waals surface area contributed by atoms with E-state index in [1.807, 2.05) is 0 Å². The first-order valence-electron chi connectivity index (χ1n) is 4.51. The summed E-state index contributed by atoms with van der Waals surface area (Å²) in [5.41, 5.74) is 0.0974. The van der Waals surface area contributed by atoms with Crippen molar-refractivity contribution in [1.82, 2.24) is 10.1 Å². The lowest BCUT2D eigenvalue weighted by molar-refractivity contribution is 0.420. The van der Waals surface area contributed by atoms with Gasteiger partial charge in [-0.15, -0.1) is 11.6 Å². The van der Waals surface area contributed by atoms with Crippen molar-refractivity contribution in [3.63, 3.8) is 0 Å². The highest BCUT2D eigenvalue weighted by atomic mass is 35.5. The van der Waals surface area contributed by atoms with Crippen LogP contribution >= 0.6 is 23.2 Å². The number of hydrogen-bond acceptors (Lipinski definition) is 3. The van der Waals surface area contributed by atoms with Crippen molar-refractivity contribution in [3.05, 3.63) is 34.9 Å². The van der Waals surface area contributed by atoms with E-state index >= 15 is 0 Å². The molecule has 6 heteroatoms. The van der Waals surface area contributed by atoms with Crippen LogP contribution in [0.2, 0.25) is 5.02 Å². The third kappa shape index (κ3) is 2.03. The van der Waals surface area contributed by atoms with Crippen LogP contribution in [0.3, 0.4) is 0 Å². The minimum absolute atomic E-state index is 0.0330. The van der Waals surface area contributed by atoms with Gasteiger partial charge in [0.1, 0.15) is 5.82 Å². The molecule has 1 aromatic heterocycles. The predicted octanol–water partition coefficient (Wildman–Crippen LogP) is 3.83. The zero-order valence-corrected chi connectivity index (χ0v) is 9.76. The quantitative estimate of drug-likeness (QED) is 0.771. The molecule has 0 aliphatic rings. The topological polar surface area (TPSA) is 38.9 Å². The van der Waals surface area contributed by atoms with Gasteiger partial charge in [-0.2, -0.15) is 4.98 Å². The summed E-state index contributed by atoms with van der Waals surface area (Å²) >= 11 is 11.6. The van der Waals surface area contributed by atoms with E-state index in [1.54, 1.807) is 13.0 Å². The van der Waals surface area contributed by atoms with Gasteiger partial charge < -0.3 is 4.52 Å². The van der Waals surface area contributed by atoms with Gasteiger partial charge in [0.05, 0.1) is 16.0 Å². The van der Waals surface area contributed by atoms with E-state index in [4.69, 9.17) is 27.7 Å². The van der Waals surface area contributed by atoms with E-state index in [9.17, 15) is 4.39 Å². The molecule has 0 radical (unpaired) electrons. The fraction of sp³-hybridized carbons (Fsp3) is 0.200. The Bertz CT molecular complexity index is 493. The minimum Gasteiger partial charge on any atom is -0.334 e. The van der Waals surface area contributed by atoms with Gasteiger partial charge in [-0.1, -0.05) is 22.8 Å². The Hall–Kier alpha value is -1.13. The van der Waals surface area contributed by atoms with Crippen LogP contribution in [0.4, 0.5) is 4.39 Å². The van der Waals surface area contributed by atoms with E-state index < -0.39 is 11.2 Å². The van der Waals surface area contributed by atoms with E-state index in [1.165, 1.54) is 12.1 Å². The van der Waals surface area contributed by atoms with Crippen LogP contribution in [0.1, 0.15) is 18.1 Å². The molecule has 0 N–H and O–H groups in total. The lowest BCUT2D eigenvalue weighted by atomic mass is 10.2. The normalized spacial score (nSPS) is 12.8. The molecule has 3 nitrogen and oxygen atoms in total. The van der Waals surface area contributed by atoms with Crippen molar-refractivity contribution in [2.24, 2.45) is 0 Å². The lowest BCUT2D eigenvalue weighted by Crippen LogP contribution is -1.89. The average Bonchev–Trinajstić information content (AvgIpc) is 2.66. The third-order valence-corrected chi connectivity index (χ3v) is 2.48. The molecule has 0 aliphatic heterocycles. The standard InChI is InChI=1S/C10H7Cl2FN2O/c1-5(11)9-14-10(16-15-9)8-6(12)3-2-4-7(8)13/h2-5H,1H3. The number of nitrogens with zero attached hydrogens (tertiary/aromatic N) is 2. The third-order valence-electron chi connectivity index (χ3n) is 1.97. The first kappa shape index (κ1) is 11.4. The molecule has 1 atom stereocenters. The van der Waals surface area contributed by atoms with Gasteiger partial charge in [-0.05, 0) is 19.1 Å². The second kappa shape index (κ2) is 4.39. The average molecular weight is 261 g/mol. The molecule has 1 heterocycles. The molecular weight excluding hydrogens is 254 g/mol. The molecule has 0 saturated carbocycles. The van der Waals surface area contributed by atoms with Crippen molar-refractivity contribution in [2.45, 2.75) is 12.3 Å². The van der Waals surface area contributed by atoms with Crippen molar-refractivity contribution in [2.75, 3.05) is 0 Å². The Morgan fingerprint density at radius 2 is 2.19 bits per heavy atom. The van der Waals surface area contributed by atoms with Crippen molar-refractivity contribution in [3.8, 4) is 11.5 Å². The molecule has 0 aliphatic carbocycles. The molecule has 84 valence electrons. The summed E-state index contributed by atoms with van der Waals surface area (Å²) in [5.74, 6) is -0.175. The molecule has 16 heavy (non-hydrogen) atoms. The van der Waals surface area contributed by atoms with E-state index in [0.29, 0.717) is 5.82 Å². The maximum absolute atomic E-state index is 13.5. The van der Waals surface area contributed by atoms with Crippen molar-refractivity contribution >= 4 is 23.2 Å². The Balaban J connectivity index is 2.50.